The molecule has 4 nitrogen and oxygen atoms in total. The normalized spacial score (nSPS) is 12.2. The van der Waals surface area contributed by atoms with Crippen molar-refractivity contribution in [2.24, 2.45) is 0 Å². The third-order valence-corrected chi connectivity index (χ3v) is 5.14. The summed E-state index contributed by atoms with van der Waals surface area (Å²) >= 11 is 0. The van der Waals surface area contributed by atoms with E-state index in [4.69, 9.17) is 5.11 Å². The van der Waals surface area contributed by atoms with Gasteiger partial charge in [0.1, 0.15) is 11.5 Å². The number of phenolic OH excluding ortho intramolecular Hbond substituents is 2. The Balaban J connectivity index is 2.77. The molecule has 0 amide bonds. The van der Waals surface area contributed by atoms with Gasteiger partial charge in [-0.1, -0.05) is 47.6 Å². The highest BCUT2D eigenvalue weighted by Gasteiger charge is 2.26. The molecule has 3 N–H and O–H groups in total. The lowest BCUT2D eigenvalue weighted by atomic mass is 9.78. The molecule has 0 aliphatic heterocycles. The van der Waals surface area contributed by atoms with E-state index < -0.39 is 5.97 Å². The van der Waals surface area contributed by atoms with E-state index in [-0.39, 0.29) is 28.7 Å². The maximum absolute atomic E-state index is 11.1. The summed E-state index contributed by atoms with van der Waals surface area (Å²) in [5.41, 5.74) is 4.41. The molecule has 0 aromatic heterocycles. The van der Waals surface area contributed by atoms with E-state index in [1.54, 1.807) is 12.1 Å². The summed E-state index contributed by atoms with van der Waals surface area (Å²) in [4.78, 5) is 11.1. The zero-order chi connectivity index (χ0) is 21.4. The van der Waals surface area contributed by atoms with E-state index in [2.05, 4.69) is 0 Å². The zero-order valence-corrected chi connectivity index (χ0v) is 18.0. The Morgan fingerprint density at radius 3 is 2.07 bits per heavy atom. The van der Waals surface area contributed by atoms with E-state index in [9.17, 15) is 15.0 Å². The highest BCUT2D eigenvalue weighted by molar-refractivity contribution is 5.76. The third-order valence-electron chi connectivity index (χ3n) is 5.14. The number of benzene rings is 2. The predicted molar refractivity (Wildman–Crippen MR) is 113 cm³/mol. The van der Waals surface area contributed by atoms with Crippen molar-refractivity contribution in [1.29, 1.82) is 0 Å². The number of phenols is 2. The fourth-order valence-corrected chi connectivity index (χ4v) is 3.77. The van der Waals surface area contributed by atoms with Crippen LogP contribution in [0.4, 0.5) is 0 Å². The molecular formula is C24H32O4. The Morgan fingerprint density at radius 2 is 1.57 bits per heavy atom. The Labute approximate surface area is 167 Å². The fraction of sp³-hybridized carbons (Fsp3) is 0.458. The molecule has 2 aromatic carbocycles. The lowest BCUT2D eigenvalue weighted by Gasteiger charge is -2.27. The summed E-state index contributed by atoms with van der Waals surface area (Å²) in [6.45, 7) is 14.1. The summed E-state index contributed by atoms with van der Waals surface area (Å²) in [7, 11) is 0. The highest BCUT2D eigenvalue weighted by atomic mass is 16.4. The average Bonchev–Trinajstić information content (AvgIpc) is 2.52. The van der Waals surface area contributed by atoms with Gasteiger partial charge in [0.05, 0.1) is 0 Å². The number of aliphatic carboxylic acids is 1. The van der Waals surface area contributed by atoms with Crippen LogP contribution < -0.4 is 0 Å². The third kappa shape index (κ3) is 4.49. The van der Waals surface area contributed by atoms with Crippen molar-refractivity contribution in [3.8, 4) is 22.6 Å². The summed E-state index contributed by atoms with van der Waals surface area (Å²) in [6, 6.07) is 7.25. The maximum atomic E-state index is 11.1. The number of carboxylic acid groups (broad SMARTS) is 1. The topological polar surface area (TPSA) is 77.8 Å². The van der Waals surface area contributed by atoms with Gasteiger partial charge in [-0.2, -0.15) is 0 Å². The van der Waals surface area contributed by atoms with E-state index in [0.717, 1.165) is 27.8 Å². The van der Waals surface area contributed by atoms with Gasteiger partial charge in [-0.05, 0) is 64.6 Å². The second kappa shape index (κ2) is 7.50. The molecule has 152 valence electrons. The molecular weight excluding hydrogens is 352 g/mol. The number of aromatic hydroxyl groups is 2. The van der Waals surface area contributed by atoms with Crippen molar-refractivity contribution < 1.29 is 20.1 Å². The number of carbonyl (C=O) groups is 1. The van der Waals surface area contributed by atoms with Crippen molar-refractivity contribution in [2.75, 3.05) is 0 Å². The van der Waals surface area contributed by atoms with Crippen LogP contribution in [0.25, 0.3) is 11.1 Å². The Morgan fingerprint density at radius 1 is 0.964 bits per heavy atom. The van der Waals surface area contributed by atoms with Crippen LogP contribution in [-0.2, 0) is 22.0 Å². The quantitative estimate of drug-likeness (QED) is 0.633. The first-order chi connectivity index (χ1) is 12.7. The van der Waals surface area contributed by atoms with Crippen LogP contribution in [0.2, 0.25) is 0 Å². The molecule has 0 atom stereocenters. The van der Waals surface area contributed by atoms with Gasteiger partial charge in [0, 0.05) is 17.5 Å². The first-order valence-electron chi connectivity index (χ1n) is 9.65. The van der Waals surface area contributed by atoms with Crippen LogP contribution in [0.3, 0.4) is 0 Å². The molecule has 4 heteroatoms. The van der Waals surface area contributed by atoms with Crippen molar-refractivity contribution in [3.05, 3.63) is 46.5 Å². The zero-order valence-electron chi connectivity index (χ0n) is 18.0. The fourth-order valence-electron chi connectivity index (χ4n) is 3.77. The first-order valence-corrected chi connectivity index (χ1v) is 9.65. The Bertz CT molecular complexity index is 896. The van der Waals surface area contributed by atoms with E-state index in [1.165, 1.54) is 0 Å². The molecule has 0 saturated carbocycles. The number of rotatable bonds is 4. The van der Waals surface area contributed by atoms with Crippen LogP contribution in [-0.4, -0.2) is 21.3 Å². The Kier molecular flexibility index (Phi) is 5.84. The lowest BCUT2D eigenvalue weighted by molar-refractivity contribution is -0.136. The summed E-state index contributed by atoms with van der Waals surface area (Å²) in [5.74, 6) is -0.398. The number of carboxylic acids is 1. The molecule has 0 spiro atoms. The second-order valence-corrected chi connectivity index (χ2v) is 9.56. The molecule has 0 saturated heterocycles. The first kappa shape index (κ1) is 21.8. The minimum absolute atomic E-state index is 0.0391. The van der Waals surface area contributed by atoms with Crippen LogP contribution in [0.5, 0.6) is 11.5 Å². The lowest BCUT2D eigenvalue weighted by Crippen LogP contribution is -2.16. The van der Waals surface area contributed by atoms with Crippen LogP contribution in [0.15, 0.2) is 24.3 Å². The molecule has 0 bridgehead atoms. The summed E-state index contributed by atoms with van der Waals surface area (Å²) in [6.07, 6.45) is 0.444. The van der Waals surface area contributed by atoms with Gasteiger partial charge in [-0.25, -0.2) is 0 Å². The van der Waals surface area contributed by atoms with Crippen molar-refractivity contribution in [1.82, 2.24) is 0 Å². The maximum Gasteiger partial charge on any atom is 0.303 e. The molecule has 2 aromatic rings. The Hall–Kier alpha value is -2.49. The minimum atomic E-state index is -0.842. The van der Waals surface area contributed by atoms with Crippen molar-refractivity contribution in [2.45, 2.75) is 72.1 Å². The summed E-state index contributed by atoms with van der Waals surface area (Å²) < 4.78 is 0. The molecule has 0 aliphatic carbocycles. The van der Waals surface area contributed by atoms with Gasteiger partial charge < -0.3 is 15.3 Å². The molecule has 2 rings (SSSR count). The second-order valence-electron chi connectivity index (χ2n) is 9.56. The molecule has 0 unspecified atom stereocenters. The van der Waals surface area contributed by atoms with Gasteiger partial charge in [-0.15, -0.1) is 0 Å². The number of hydrogen-bond acceptors (Lipinski definition) is 3. The smallest absolute Gasteiger partial charge is 0.303 e. The van der Waals surface area contributed by atoms with Crippen LogP contribution in [0.1, 0.15) is 70.2 Å². The number of aryl methyl sites for hydroxylation is 1. The minimum Gasteiger partial charge on any atom is -0.508 e. The van der Waals surface area contributed by atoms with E-state index >= 15 is 0 Å². The monoisotopic (exact) mass is 384 g/mol. The highest BCUT2D eigenvalue weighted by Crippen LogP contribution is 2.44. The molecule has 0 radical (unpaired) electrons. The number of hydrogen-bond donors (Lipinski definition) is 3. The molecule has 0 aliphatic rings. The molecule has 0 heterocycles. The van der Waals surface area contributed by atoms with E-state index in [0.29, 0.717) is 12.0 Å². The van der Waals surface area contributed by atoms with Gasteiger partial charge in [-0.3, -0.25) is 4.79 Å². The van der Waals surface area contributed by atoms with Crippen LogP contribution >= 0.6 is 0 Å². The SMILES string of the molecule is Cc1c(CCC(=O)O)cc(-c2ccc(O)c(C(C)(C)C)c2)c(O)c1C(C)(C)C. The largest absolute Gasteiger partial charge is 0.508 e. The van der Waals surface area contributed by atoms with Gasteiger partial charge in [0.15, 0.2) is 0 Å². The van der Waals surface area contributed by atoms with Crippen molar-refractivity contribution >= 4 is 5.97 Å². The summed E-state index contributed by atoms with van der Waals surface area (Å²) in [5, 5.41) is 30.5. The van der Waals surface area contributed by atoms with E-state index in [1.807, 2.05) is 60.6 Å². The standard InChI is InChI=1S/C24H32O4/c1-14-15(9-11-20(26)27)12-17(22(28)21(14)24(5,6)7)16-8-10-19(25)18(13-16)23(2,3)4/h8,10,12-13,25,28H,9,11H2,1-7H3,(H,26,27). The van der Waals surface area contributed by atoms with Crippen LogP contribution in [0, 0.1) is 6.92 Å². The van der Waals surface area contributed by atoms with Gasteiger partial charge in [0.25, 0.3) is 0 Å². The molecule has 28 heavy (non-hydrogen) atoms. The average molecular weight is 385 g/mol. The van der Waals surface area contributed by atoms with Crippen molar-refractivity contribution in [3.63, 3.8) is 0 Å². The predicted octanol–water partition coefficient (Wildman–Crippen LogP) is 5.69. The van der Waals surface area contributed by atoms with Gasteiger partial charge in [0.2, 0.25) is 0 Å². The molecule has 0 fully saturated rings. The van der Waals surface area contributed by atoms with Gasteiger partial charge >= 0.3 is 5.97 Å².